The van der Waals surface area contributed by atoms with E-state index in [2.05, 4.69) is 15.9 Å². The molecule has 1 N–H and O–H groups in total. The first kappa shape index (κ1) is 11.5. The van der Waals surface area contributed by atoms with Crippen molar-refractivity contribution in [2.75, 3.05) is 11.5 Å². The van der Waals surface area contributed by atoms with Crippen LogP contribution in [0, 0.1) is 0 Å². The molecule has 0 heterocycles. The third-order valence-electron chi connectivity index (χ3n) is 0.308. The van der Waals surface area contributed by atoms with E-state index in [1.807, 2.05) is 0 Å². The van der Waals surface area contributed by atoms with Gasteiger partial charge in [0.2, 0.25) is 0 Å². The van der Waals surface area contributed by atoms with E-state index in [0.29, 0.717) is 11.5 Å². The fourth-order valence-electron chi connectivity index (χ4n) is 0.0808. The Bertz CT molecular complexity index is 59.7. The molecule has 40 valence electrons. The molecule has 1 unspecified atom stereocenters. The molecule has 0 radical (unpaired) electrons. The molecular weight excluding hydrogens is 190 g/mol. The number of hydrogen-bond donors (Lipinski definition) is 1. The van der Waals surface area contributed by atoms with Gasteiger partial charge in [0.25, 0.3) is 0 Å². The summed E-state index contributed by atoms with van der Waals surface area (Å²) in [7, 11) is -2.18. The zero-order valence-corrected chi connectivity index (χ0v) is 5.73. The molecule has 0 aliphatic carbocycles. The predicted molar refractivity (Wildman–Crippen MR) is 37.0 cm³/mol. The molecule has 0 bridgehead atoms. The van der Waals surface area contributed by atoms with Crippen molar-refractivity contribution in [3.8, 4) is 0 Å². The Balaban J connectivity index is 0. The molecule has 0 aliphatic heterocycles. The quantitative estimate of drug-likeness (QED) is 0.390. The van der Waals surface area contributed by atoms with Gasteiger partial charge in [0.1, 0.15) is 0 Å². The van der Waals surface area contributed by atoms with Crippen LogP contribution in [-0.2, 0) is 4.57 Å². The van der Waals surface area contributed by atoms with Crippen molar-refractivity contribution in [1.29, 1.82) is 0 Å². The molecule has 0 aromatic heterocycles. The number of hydrogen-bond acceptors (Lipinski definition) is 1. The van der Waals surface area contributed by atoms with Crippen molar-refractivity contribution in [1.82, 2.24) is 0 Å². The van der Waals surface area contributed by atoms with Gasteiger partial charge in [-0.1, -0.05) is 15.9 Å². The van der Waals surface area contributed by atoms with Crippen LogP contribution in [0.4, 0.5) is 0 Å². The average Bonchev–Trinajstić information content (AvgIpc) is 1.35. The summed E-state index contributed by atoms with van der Waals surface area (Å²) in [4.78, 5) is 8.07. The summed E-state index contributed by atoms with van der Waals surface area (Å²) in [5, 5.41) is 0.626. The van der Waals surface area contributed by atoms with Crippen LogP contribution in [0.3, 0.4) is 0 Å². The van der Waals surface area contributed by atoms with Crippen LogP contribution in [0.2, 0.25) is 0 Å². The van der Waals surface area contributed by atoms with Crippen molar-refractivity contribution >= 4 is 53.5 Å². The van der Waals surface area contributed by atoms with Crippen molar-refractivity contribution in [3.05, 3.63) is 0 Å². The summed E-state index contributed by atoms with van der Waals surface area (Å²) >= 11 is 3.02. The van der Waals surface area contributed by atoms with Gasteiger partial charge in [-0.2, -0.15) is 0 Å². The molecule has 0 spiro atoms. The molecule has 0 aliphatic rings. The second-order valence-electron chi connectivity index (χ2n) is 0.833. The summed E-state index contributed by atoms with van der Waals surface area (Å²) in [5.74, 6) is 0. The molecule has 7 heavy (non-hydrogen) atoms. The zero-order chi connectivity index (χ0) is 4.99. The first-order valence-corrected chi connectivity index (χ1v) is 4.23. The van der Waals surface area contributed by atoms with Crippen LogP contribution in [-0.4, -0.2) is 45.9 Å². The summed E-state index contributed by atoms with van der Waals surface area (Å²) < 4.78 is 9.75. The average molecular weight is 197 g/mol. The Morgan fingerprint density at radius 2 is 2.14 bits per heavy atom. The second-order valence-corrected chi connectivity index (χ2v) is 2.91. The van der Waals surface area contributed by atoms with Crippen LogP contribution in [0.25, 0.3) is 0 Å². The van der Waals surface area contributed by atoms with Gasteiger partial charge >= 0.3 is 29.6 Å². The molecule has 0 saturated carbocycles. The van der Waals surface area contributed by atoms with Crippen LogP contribution < -0.4 is 0 Å². The topological polar surface area (TPSA) is 37.3 Å². The van der Waals surface area contributed by atoms with Gasteiger partial charge in [0, 0.05) is 11.5 Å². The Morgan fingerprint density at radius 1 is 1.71 bits per heavy atom. The van der Waals surface area contributed by atoms with Gasteiger partial charge < -0.3 is 4.89 Å². The van der Waals surface area contributed by atoms with Gasteiger partial charge in [-0.25, -0.2) is 0 Å². The first-order chi connectivity index (χ1) is 2.77. The van der Waals surface area contributed by atoms with E-state index in [1.165, 1.54) is 0 Å². The molecule has 5 heteroatoms. The van der Waals surface area contributed by atoms with E-state index in [0.717, 1.165) is 0 Å². The Labute approximate surface area is 74.0 Å². The van der Waals surface area contributed by atoms with Gasteiger partial charge in [-0.05, 0) is 0 Å². The molecule has 0 aromatic rings. The molecule has 0 aromatic carbocycles. The summed E-state index contributed by atoms with van der Waals surface area (Å²) in [6, 6.07) is 0. The van der Waals surface area contributed by atoms with Gasteiger partial charge in [0.05, 0.1) is 0 Å². The van der Waals surface area contributed by atoms with Crippen LogP contribution in [0.1, 0.15) is 0 Å². The predicted octanol–water partition coefficient (Wildman–Crippen LogP) is 0.200. The second kappa shape index (κ2) is 7.67. The number of alkyl halides is 1. The van der Waals surface area contributed by atoms with Crippen molar-refractivity contribution in [2.24, 2.45) is 0 Å². The summed E-state index contributed by atoms with van der Waals surface area (Å²) in [5.41, 5.74) is 0. The number of halogens is 1. The number of rotatable bonds is 2. The van der Waals surface area contributed by atoms with E-state index in [9.17, 15) is 4.57 Å². The molecule has 0 amide bonds. The molecule has 0 rings (SSSR count). The normalized spacial score (nSPS) is 12.3. The molecular formula is C2H7BrNaO2P. The Kier molecular flexibility index (Phi) is 12.6. The third-order valence-corrected chi connectivity index (χ3v) is 2.11. The van der Waals surface area contributed by atoms with Gasteiger partial charge in [-0.3, -0.25) is 4.57 Å². The van der Waals surface area contributed by atoms with Crippen LogP contribution in [0.5, 0.6) is 0 Å². The van der Waals surface area contributed by atoms with E-state index in [4.69, 9.17) is 4.89 Å². The van der Waals surface area contributed by atoms with E-state index < -0.39 is 8.03 Å². The van der Waals surface area contributed by atoms with Gasteiger partial charge in [-0.15, -0.1) is 0 Å². The molecule has 0 saturated heterocycles. The fraction of sp³-hybridized carbons (Fsp3) is 1.00. The van der Waals surface area contributed by atoms with Crippen molar-refractivity contribution in [2.45, 2.75) is 0 Å². The Hall–Kier alpha value is 1.67. The van der Waals surface area contributed by atoms with E-state index in [1.54, 1.807) is 0 Å². The molecule has 2 nitrogen and oxygen atoms in total. The van der Waals surface area contributed by atoms with E-state index in [-0.39, 0.29) is 29.6 Å². The Morgan fingerprint density at radius 3 is 2.14 bits per heavy atom. The zero-order valence-electron chi connectivity index (χ0n) is 3.15. The van der Waals surface area contributed by atoms with Crippen molar-refractivity contribution < 1.29 is 9.46 Å². The van der Waals surface area contributed by atoms with Crippen LogP contribution in [0.15, 0.2) is 0 Å². The molecule has 0 fully saturated rings. The first-order valence-electron chi connectivity index (χ1n) is 1.55. The standard InChI is InChI=1S/C2H6BrO2P.Na.H/c3-1-2-6(4)5;;/h6H,1-2H2,(H,4,5);;. The summed E-state index contributed by atoms with van der Waals surface area (Å²) in [6.45, 7) is 0. The molecule has 1 atom stereocenters. The maximum absolute atomic E-state index is 9.75. The maximum atomic E-state index is 9.75. The fourth-order valence-corrected chi connectivity index (χ4v) is 1.26. The minimum absolute atomic E-state index is 0. The van der Waals surface area contributed by atoms with Crippen LogP contribution >= 0.6 is 24.0 Å². The monoisotopic (exact) mass is 196 g/mol. The van der Waals surface area contributed by atoms with Crippen molar-refractivity contribution in [3.63, 3.8) is 0 Å². The minimum atomic E-state index is -2.18. The van der Waals surface area contributed by atoms with E-state index >= 15 is 0 Å². The summed E-state index contributed by atoms with van der Waals surface area (Å²) in [6.07, 6.45) is 0.394. The van der Waals surface area contributed by atoms with Gasteiger partial charge in [0.15, 0.2) is 8.03 Å². The SMILES string of the molecule is O=[PH](O)CCBr.[NaH]. The third kappa shape index (κ3) is 11.3.